The summed E-state index contributed by atoms with van der Waals surface area (Å²) in [7, 11) is 1.28. The Morgan fingerprint density at radius 3 is 1.07 bits per heavy atom. The Labute approximate surface area is 455 Å². The van der Waals surface area contributed by atoms with Gasteiger partial charge in [-0.05, 0) is 44.9 Å². The van der Waals surface area contributed by atoms with E-state index in [1.54, 1.807) is 6.08 Å². The van der Waals surface area contributed by atoms with E-state index in [1.807, 2.05) is 27.2 Å². The van der Waals surface area contributed by atoms with Crippen LogP contribution in [-0.4, -0.2) is 68.5 Å². The van der Waals surface area contributed by atoms with Gasteiger partial charge in [0.25, 0.3) is 7.82 Å². The summed E-state index contributed by atoms with van der Waals surface area (Å²) in [6.07, 6.45) is 71.3. The third-order valence-corrected chi connectivity index (χ3v) is 15.9. The summed E-state index contributed by atoms with van der Waals surface area (Å²) in [6.45, 7) is 4.70. The van der Waals surface area contributed by atoms with Crippen LogP contribution in [0.2, 0.25) is 0 Å². The first kappa shape index (κ1) is 72.0. The summed E-state index contributed by atoms with van der Waals surface area (Å²) in [5.41, 5.74) is 0. The van der Waals surface area contributed by atoms with Crippen LogP contribution in [0.25, 0.3) is 0 Å². The minimum Gasteiger partial charge on any atom is -0.756 e. The van der Waals surface area contributed by atoms with Gasteiger partial charge in [0.1, 0.15) is 13.2 Å². The second-order valence-corrected chi connectivity index (χ2v) is 24.9. The van der Waals surface area contributed by atoms with Crippen LogP contribution in [0.15, 0.2) is 24.3 Å². The Hall–Kier alpha value is -1.02. The minimum absolute atomic E-state index is 0.00125. The van der Waals surface area contributed by atoms with Gasteiger partial charge in [-0.25, -0.2) is 0 Å². The highest BCUT2D eigenvalue weighted by Gasteiger charge is 2.23. The molecule has 3 atom stereocenters. The van der Waals surface area contributed by atoms with Gasteiger partial charge in [-0.1, -0.05) is 301 Å². The first-order valence-electron chi connectivity index (χ1n) is 32.2. The molecule has 0 aliphatic heterocycles. The lowest BCUT2D eigenvalue weighted by Crippen LogP contribution is -2.45. The van der Waals surface area contributed by atoms with Gasteiger partial charge >= 0.3 is 0 Å². The molecule has 0 aliphatic rings. The topological polar surface area (TPSA) is 108 Å². The number of hydrogen-bond donors (Lipinski definition) is 2. The quantitative estimate of drug-likeness (QED) is 0.0272. The monoisotopic (exact) mass is 1050 g/mol. The summed E-state index contributed by atoms with van der Waals surface area (Å²) in [5.74, 6) is -0.191. The molecule has 0 fully saturated rings. The van der Waals surface area contributed by atoms with Crippen molar-refractivity contribution in [2.75, 3.05) is 40.9 Å². The maximum Gasteiger partial charge on any atom is 0.268 e. The van der Waals surface area contributed by atoms with E-state index in [0.717, 1.165) is 38.5 Å². The maximum atomic E-state index is 13.0. The highest BCUT2D eigenvalue weighted by molar-refractivity contribution is 7.45. The van der Waals surface area contributed by atoms with E-state index in [4.69, 9.17) is 9.05 Å². The van der Waals surface area contributed by atoms with Gasteiger partial charge in [0, 0.05) is 6.42 Å². The van der Waals surface area contributed by atoms with Crippen LogP contribution in [0.5, 0.6) is 0 Å². The summed E-state index contributed by atoms with van der Waals surface area (Å²) >= 11 is 0. The van der Waals surface area contributed by atoms with Gasteiger partial charge in [0.15, 0.2) is 0 Å². The van der Waals surface area contributed by atoms with E-state index < -0.39 is 20.0 Å². The summed E-state index contributed by atoms with van der Waals surface area (Å²) in [6, 6.07) is -0.886. The van der Waals surface area contributed by atoms with Crippen LogP contribution in [0, 0.1) is 0 Å². The number of unbranched alkanes of at least 4 members (excludes halogenated alkanes) is 45. The Morgan fingerprint density at radius 2 is 0.753 bits per heavy atom. The van der Waals surface area contributed by atoms with Crippen molar-refractivity contribution in [1.82, 2.24) is 5.32 Å². The number of phosphoric ester groups is 1. The average Bonchev–Trinajstić information content (AvgIpc) is 3.35. The van der Waals surface area contributed by atoms with Crippen molar-refractivity contribution < 1.29 is 32.9 Å². The molecule has 0 rings (SSSR count). The van der Waals surface area contributed by atoms with Gasteiger partial charge < -0.3 is 28.8 Å². The molecule has 0 aromatic rings. The van der Waals surface area contributed by atoms with Gasteiger partial charge in [-0.2, -0.15) is 0 Å². The molecule has 0 radical (unpaired) electrons. The van der Waals surface area contributed by atoms with E-state index in [2.05, 4.69) is 31.3 Å². The van der Waals surface area contributed by atoms with E-state index in [0.29, 0.717) is 17.4 Å². The Balaban J connectivity index is 4.12. The van der Waals surface area contributed by atoms with Gasteiger partial charge in [0.2, 0.25) is 5.91 Å². The fourth-order valence-electron chi connectivity index (χ4n) is 9.86. The number of hydrogen-bond acceptors (Lipinski definition) is 6. The fraction of sp³-hybridized carbons (Fsp3) is 0.922. The SMILES string of the molecule is CCCCCCCCCC/C=C\CCCCCCCCCCCCCCCC(=O)NC(COP(=O)([O-])OCC[N+](C)(C)C)C(O)/C=C/CCCCCCCCCCCCCCCCCCCCCCCCCC. The van der Waals surface area contributed by atoms with E-state index >= 15 is 0 Å². The standard InChI is InChI=1S/C64H127N2O6P/c1-6-8-10-12-14-16-18-20-22-24-26-28-30-32-34-35-37-39-41-43-45-47-49-51-53-55-57-63(67)62(61-72-73(69,70)71-60-59-66(3,4)5)65-64(68)58-56-54-52-50-48-46-44-42-40-38-36-33-31-29-27-25-23-21-19-17-15-13-11-9-7-2/h25,27,55,57,62-63,67H,6-24,26,28-54,56,58-61H2,1-5H3,(H-,65,68,69,70)/b27-25-,57-55+. The van der Waals surface area contributed by atoms with Gasteiger partial charge in [-0.15, -0.1) is 0 Å². The first-order chi connectivity index (χ1) is 35.5. The lowest BCUT2D eigenvalue weighted by atomic mass is 10.0. The predicted octanol–water partition coefficient (Wildman–Crippen LogP) is 19.3. The number of amides is 1. The molecule has 0 aromatic heterocycles. The first-order valence-corrected chi connectivity index (χ1v) is 33.7. The number of quaternary nitrogens is 1. The zero-order valence-electron chi connectivity index (χ0n) is 49.6. The number of phosphoric acid groups is 1. The molecule has 0 heterocycles. The molecule has 0 aliphatic carbocycles. The molecule has 434 valence electrons. The normalized spacial score (nSPS) is 13.9. The van der Waals surface area contributed by atoms with E-state index in [1.165, 1.54) is 270 Å². The van der Waals surface area contributed by atoms with Crippen LogP contribution in [0.3, 0.4) is 0 Å². The van der Waals surface area contributed by atoms with Crippen molar-refractivity contribution in [2.45, 2.75) is 341 Å². The molecule has 0 bridgehead atoms. The summed E-state index contributed by atoms with van der Waals surface area (Å²) in [4.78, 5) is 25.6. The van der Waals surface area contributed by atoms with Crippen LogP contribution in [0.1, 0.15) is 328 Å². The zero-order valence-corrected chi connectivity index (χ0v) is 50.5. The van der Waals surface area contributed by atoms with Crippen molar-refractivity contribution in [2.24, 2.45) is 0 Å². The molecular formula is C64H127N2O6P. The largest absolute Gasteiger partial charge is 0.756 e. The Bertz CT molecular complexity index is 1240. The molecule has 3 unspecified atom stereocenters. The van der Waals surface area contributed by atoms with Crippen molar-refractivity contribution >= 4 is 13.7 Å². The molecule has 0 aromatic carbocycles. The molecule has 9 heteroatoms. The minimum atomic E-state index is -4.60. The van der Waals surface area contributed by atoms with Crippen LogP contribution < -0.4 is 10.2 Å². The predicted molar refractivity (Wildman–Crippen MR) is 316 cm³/mol. The smallest absolute Gasteiger partial charge is 0.268 e. The fourth-order valence-corrected chi connectivity index (χ4v) is 10.6. The second kappa shape index (κ2) is 55.7. The van der Waals surface area contributed by atoms with Crippen LogP contribution in [-0.2, 0) is 18.4 Å². The molecular weight excluding hydrogens is 924 g/mol. The van der Waals surface area contributed by atoms with Crippen molar-refractivity contribution in [3.63, 3.8) is 0 Å². The average molecular weight is 1050 g/mol. The summed E-state index contributed by atoms with van der Waals surface area (Å²) < 4.78 is 23.4. The number of nitrogens with one attached hydrogen (secondary N) is 1. The number of aliphatic hydroxyl groups excluding tert-OH is 1. The van der Waals surface area contributed by atoms with Crippen LogP contribution in [0.4, 0.5) is 0 Å². The van der Waals surface area contributed by atoms with Gasteiger partial charge in [-0.3, -0.25) is 9.36 Å². The third-order valence-electron chi connectivity index (χ3n) is 14.9. The lowest BCUT2D eigenvalue weighted by Gasteiger charge is -2.29. The van der Waals surface area contributed by atoms with E-state index in [-0.39, 0.29) is 19.1 Å². The number of aliphatic hydroxyl groups is 1. The van der Waals surface area contributed by atoms with Crippen LogP contribution >= 0.6 is 7.82 Å². The van der Waals surface area contributed by atoms with Crippen molar-refractivity contribution in [3.8, 4) is 0 Å². The molecule has 0 saturated carbocycles. The van der Waals surface area contributed by atoms with Crippen molar-refractivity contribution in [3.05, 3.63) is 24.3 Å². The van der Waals surface area contributed by atoms with Crippen molar-refractivity contribution in [1.29, 1.82) is 0 Å². The highest BCUT2D eigenvalue weighted by atomic mass is 31.2. The Kier molecular flexibility index (Phi) is 54.9. The Morgan fingerprint density at radius 1 is 0.466 bits per heavy atom. The highest BCUT2D eigenvalue weighted by Crippen LogP contribution is 2.38. The number of allylic oxidation sites excluding steroid dienone is 3. The molecule has 0 spiro atoms. The molecule has 1 amide bonds. The third kappa shape index (κ3) is 58.5. The molecule has 73 heavy (non-hydrogen) atoms. The number of nitrogens with zero attached hydrogens (tertiary/aromatic N) is 1. The molecule has 8 nitrogen and oxygen atoms in total. The van der Waals surface area contributed by atoms with E-state index in [9.17, 15) is 19.4 Å². The second-order valence-electron chi connectivity index (χ2n) is 23.5. The summed E-state index contributed by atoms with van der Waals surface area (Å²) in [5, 5.41) is 13.9. The maximum absolute atomic E-state index is 13.0. The van der Waals surface area contributed by atoms with Gasteiger partial charge in [0.05, 0.1) is 39.9 Å². The number of likely N-dealkylation sites (N-methyl/N-ethyl adjacent to an activating group) is 1. The molecule has 0 saturated heterocycles. The number of carbonyl (C=O) groups is 1. The number of rotatable bonds is 60. The molecule has 2 N–H and O–H groups in total. The zero-order chi connectivity index (χ0) is 53.5. The lowest BCUT2D eigenvalue weighted by molar-refractivity contribution is -0.870. The number of carbonyl (C=O) groups excluding carboxylic acids is 1.